The Morgan fingerprint density at radius 3 is 2.58 bits per heavy atom. The highest BCUT2D eigenvalue weighted by atomic mass is 32.2. The second-order valence-electron chi connectivity index (χ2n) is 10.5. The molecule has 0 N–H and O–H groups in total. The third kappa shape index (κ3) is 6.77. The Bertz CT molecular complexity index is 1460. The van der Waals surface area contributed by atoms with Crippen LogP contribution in [0.2, 0.25) is 0 Å². The highest BCUT2D eigenvalue weighted by Gasteiger charge is 2.42. The maximum Gasteiger partial charge on any atom is 0.274 e. The Morgan fingerprint density at radius 2 is 1.90 bits per heavy atom. The molecule has 2 fully saturated rings. The summed E-state index contributed by atoms with van der Waals surface area (Å²) >= 11 is 0. The molecule has 1 spiro atoms. The monoisotopic (exact) mass is 571 g/mol. The molecule has 9 nitrogen and oxygen atoms in total. The summed E-state index contributed by atoms with van der Waals surface area (Å²) in [4.78, 5) is 19.8. The van der Waals surface area contributed by atoms with Crippen molar-refractivity contribution in [3.05, 3.63) is 77.6 Å². The van der Waals surface area contributed by atoms with E-state index in [9.17, 15) is 13.2 Å². The molecule has 2 heterocycles. The number of hydrogen-bond donors (Lipinski definition) is 0. The molecule has 1 aromatic heterocycles. The molecular formula is C29H34FN3O6S. The Morgan fingerprint density at radius 1 is 1.15 bits per heavy atom. The first-order chi connectivity index (χ1) is 19.1. The SMILES string of the molecule is Cn1cnc(C(=O)N(Cc2ccc(F)c(-c3cccc(CCOS(C)(=O)=O)c3)c2)C2CCC3(CC2)OCCO3)c1. The van der Waals surface area contributed by atoms with Gasteiger partial charge in [-0.3, -0.25) is 8.98 Å². The van der Waals surface area contributed by atoms with Gasteiger partial charge in [0.15, 0.2) is 5.79 Å². The van der Waals surface area contributed by atoms with Crippen LogP contribution < -0.4 is 0 Å². The Labute approximate surface area is 234 Å². The van der Waals surface area contributed by atoms with Crippen molar-refractivity contribution in [2.75, 3.05) is 26.1 Å². The van der Waals surface area contributed by atoms with Gasteiger partial charge in [-0.1, -0.05) is 30.3 Å². The summed E-state index contributed by atoms with van der Waals surface area (Å²) in [6.07, 6.45) is 7.54. The van der Waals surface area contributed by atoms with Crippen molar-refractivity contribution >= 4 is 16.0 Å². The van der Waals surface area contributed by atoms with Gasteiger partial charge in [-0.05, 0) is 48.1 Å². The van der Waals surface area contributed by atoms with Crippen molar-refractivity contribution in [2.45, 2.75) is 50.5 Å². The van der Waals surface area contributed by atoms with E-state index < -0.39 is 15.9 Å². The molecule has 1 amide bonds. The smallest absolute Gasteiger partial charge is 0.274 e. The molecule has 1 aliphatic carbocycles. The van der Waals surface area contributed by atoms with Crippen molar-refractivity contribution < 1.29 is 31.3 Å². The molecule has 0 bridgehead atoms. The van der Waals surface area contributed by atoms with Gasteiger partial charge < -0.3 is 18.9 Å². The number of halogens is 1. The molecule has 11 heteroatoms. The minimum atomic E-state index is -3.53. The first-order valence-corrected chi connectivity index (χ1v) is 15.2. The number of hydrogen-bond acceptors (Lipinski definition) is 7. The van der Waals surface area contributed by atoms with Crippen molar-refractivity contribution in [3.8, 4) is 11.1 Å². The molecule has 1 saturated heterocycles. The average Bonchev–Trinajstić information content (AvgIpc) is 3.57. The number of carbonyl (C=O) groups excluding carboxylic acids is 1. The van der Waals surface area contributed by atoms with Crippen LogP contribution in [0.4, 0.5) is 4.39 Å². The van der Waals surface area contributed by atoms with Gasteiger partial charge in [0.25, 0.3) is 16.0 Å². The van der Waals surface area contributed by atoms with Crippen LogP contribution in [-0.2, 0) is 43.8 Å². The summed E-state index contributed by atoms with van der Waals surface area (Å²) in [6, 6.07) is 12.1. The Kier molecular flexibility index (Phi) is 8.37. The van der Waals surface area contributed by atoms with Crippen molar-refractivity contribution in [1.82, 2.24) is 14.5 Å². The zero-order chi connectivity index (χ0) is 28.3. The Balaban J connectivity index is 1.37. The molecule has 5 rings (SSSR count). The van der Waals surface area contributed by atoms with Crippen molar-refractivity contribution in [1.29, 1.82) is 0 Å². The number of ether oxygens (including phenoxy) is 2. The van der Waals surface area contributed by atoms with Crippen LogP contribution in [-0.4, -0.2) is 66.7 Å². The molecule has 0 radical (unpaired) electrons. The van der Waals surface area contributed by atoms with Gasteiger partial charge in [-0.2, -0.15) is 8.42 Å². The van der Waals surface area contributed by atoms with Crippen LogP contribution in [0.5, 0.6) is 0 Å². The van der Waals surface area contributed by atoms with Crippen LogP contribution >= 0.6 is 0 Å². The number of aryl methyl sites for hydroxylation is 1. The third-order valence-corrected chi connectivity index (χ3v) is 8.06. The van der Waals surface area contributed by atoms with Crippen molar-refractivity contribution in [2.24, 2.45) is 7.05 Å². The first-order valence-electron chi connectivity index (χ1n) is 13.4. The Hall–Kier alpha value is -3.12. The minimum absolute atomic E-state index is 0.00809. The van der Waals surface area contributed by atoms with E-state index in [1.807, 2.05) is 30.1 Å². The summed E-state index contributed by atoms with van der Waals surface area (Å²) in [6.45, 7) is 1.48. The van der Waals surface area contributed by atoms with E-state index in [1.165, 1.54) is 6.07 Å². The minimum Gasteiger partial charge on any atom is -0.348 e. The lowest BCUT2D eigenvalue weighted by atomic mass is 9.88. The lowest BCUT2D eigenvalue weighted by molar-refractivity contribution is -0.183. The van der Waals surface area contributed by atoms with E-state index in [-0.39, 0.29) is 24.4 Å². The molecule has 2 aliphatic rings. The number of imidazole rings is 1. The normalized spacial score (nSPS) is 17.4. The lowest BCUT2D eigenvalue weighted by Gasteiger charge is -2.40. The van der Waals surface area contributed by atoms with Gasteiger partial charge in [0.05, 0.1) is 32.4 Å². The molecule has 214 valence electrons. The van der Waals surface area contributed by atoms with Gasteiger partial charge in [0.2, 0.25) is 0 Å². The predicted molar refractivity (Wildman–Crippen MR) is 146 cm³/mol. The molecule has 1 aliphatic heterocycles. The molecule has 1 saturated carbocycles. The van der Waals surface area contributed by atoms with E-state index in [0.717, 1.165) is 30.2 Å². The van der Waals surface area contributed by atoms with Crippen molar-refractivity contribution in [3.63, 3.8) is 0 Å². The van der Waals surface area contributed by atoms with Crippen LogP contribution in [0.1, 0.15) is 47.3 Å². The molecule has 0 atom stereocenters. The molecule has 0 unspecified atom stereocenters. The van der Waals surface area contributed by atoms with Gasteiger partial charge in [-0.25, -0.2) is 9.37 Å². The zero-order valence-electron chi connectivity index (χ0n) is 22.7. The second-order valence-corrected chi connectivity index (χ2v) is 12.1. The maximum absolute atomic E-state index is 15.1. The number of amides is 1. The fourth-order valence-electron chi connectivity index (χ4n) is 5.47. The van der Waals surface area contributed by atoms with Gasteiger partial charge >= 0.3 is 0 Å². The summed E-state index contributed by atoms with van der Waals surface area (Å²) in [5.41, 5.74) is 3.05. The third-order valence-electron chi connectivity index (χ3n) is 7.47. The summed E-state index contributed by atoms with van der Waals surface area (Å²) in [5, 5.41) is 0. The molecule has 3 aromatic rings. The molecule has 40 heavy (non-hydrogen) atoms. The zero-order valence-corrected chi connectivity index (χ0v) is 23.5. The fraction of sp³-hybridized carbons (Fsp3) is 0.448. The van der Waals surface area contributed by atoms with Gasteiger partial charge in [0.1, 0.15) is 11.5 Å². The largest absolute Gasteiger partial charge is 0.348 e. The predicted octanol–water partition coefficient (Wildman–Crippen LogP) is 4.07. The van der Waals surface area contributed by atoms with E-state index >= 15 is 4.39 Å². The lowest BCUT2D eigenvalue weighted by Crippen LogP contribution is -2.46. The fourth-order valence-corrected chi connectivity index (χ4v) is 5.86. The van der Waals surface area contributed by atoms with E-state index in [4.69, 9.17) is 13.7 Å². The number of benzene rings is 2. The van der Waals surface area contributed by atoms with E-state index in [0.29, 0.717) is 55.8 Å². The standard InChI is InChI=1S/C29H34FN3O6S/c1-32-19-27(31-20-32)28(34)33(24-8-11-29(12-9-24)37-14-15-38-29)18-22-6-7-26(30)25(17-22)23-5-3-4-21(16-23)10-13-39-40(2,35)36/h3-7,16-17,19-20,24H,8-15,18H2,1-2H3. The van der Waals surface area contributed by atoms with Crippen LogP contribution in [0.3, 0.4) is 0 Å². The first kappa shape index (κ1) is 28.4. The average molecular weight is 572 g/mol. The summed E-state index contributed by atoms with van der Waals surface area (Å²) < 4.78 is 56.0. The second kappa shape index (κ2) is 11.8. The number of nitrogens with zero attached hydrogens (tertiary/aromatic N) is 3. The van der Waals surface area contributed by atoms with Crippen LogP contribution in [0.25, 0.3) is 11.1 Å². The van der Waals surface area contributed by atoms with Gasteiger partial charge in [0, 0.05) is 44.2 Å². The highest BCUT2D eigenvalue weighted by molar-refractivity contribution is 7.85. The topological polar surface area (TPSA) is 100.0 Å². The molecular weight excluding hydrogens is 537 g/mol. The quantitative estimate of drug-likeness (QED) is 0.357. The number of rotatable bonds is 9. The van der Waals surface area contributed by atoms with E-state index in [2.05, 4.69) is 4.98 Å². The summed E-state index contributed by atoms with van der Waals surface area (Å²) in [7, 11) is -1.71. The van der Waals surface area contributed by atoms with Crippen LogP contribution in [0.15, 0.2) is 55.0 Å². The highest BCUT2D eigenvalue weighted by Crippen LogP contribution is 2.38. The number of aromatic nitrogens is 2. The maximum atomic E-state index is 15.1. The number of carbonyl (C=O) groups is 1. The summed E-state index contributed by atoms with van der Waals surface area (Å²) in [5.74, 6) is -1.10. The van der Waals surface area contributed by atoms with E-state index in [1.54, 1.807) is 35.3 Å². The van der Waals surface area contributed by atoms with Crippen LogP contribution in [0, 0.1) is 5.82 Å². The molecule has 2 aromatic carbocycles. The van der Waals surface area contributed by atoms with Gasteiger partial charge in [-0.15, -0.1) is 0 Å².